The zero-order chi connectivity index (χ0) is 29.4. The van der Waals surface area contributed by atoms with Crippen molar-refractivity contribution in [2.75, 3.05) is 39.1 Å². The van der Waals surface area contributed by atoms with Crippen LogP contribution in [0.25, 0.3) is 0 Å². The number of aryl methyl sites for hydroxylation is 1. The van der Waals surface area contributed by atoms with Crippen molar-refractivity contribution in [3.8, 4) is 0 Å². The summed E-state index contributed by atoms with van der Waals surface area (Å²) in [5.41, 5.74) is 13.0. The summed E-state index contributed by atoms with van der Waals surface area (Å²) in [5, 5.41) is 2.67. The van der Waals surface area contributed by atoms with E-state index in [0.29, 0.717) is 62.7 Å². The number of nitrogens with two attached hydrogens (primary N) is 2. The number of primary amides is 1. The number of anilines is 1. The molecule has 0 aromatic heterocycles. The topological polar surface area (TPSA) is 131 Å². The molecule has 3 amide bonds. The summed E-state index contributed by atoms with van der Waals surface area (Å²) in [6.45, 7) is 3.90. The number of halogens is 2. The van der Waals surface area contributed by atoms with Crippen LogP contribution in [-0.4, -0.2) is 79.5 Å². The maximum absolute atomic E-state index is 15.0. The lowest BCUT2D eigenvalue weighted by Crippen LogP contribution is -2.53. The van der Waals surface area contributed by atoms with Gasteiger partial charge in [0.25, 0.3) is 0 Å². The first-order chi connectivity index (χ1) is 19.0. The fourth-order valence-electron chi connectivity index (χ4n) is 5.58. The van der Waals surface area contributed by atoms with Gasteiger partial charge in [-0.15, -0.1) is 0 Å². The highest BCUT2D eigenvalue weighted by molar-refractivity contribution is 5.95. The average molecular weight is 564 g/mol. The van der Waals surface area contributed by atoms with Crippen molar-refractivity contribution in [3.63, 3.8) is 0 Å². The fraction of sp³-hybridized carbons (Fsp3) is 0.621. The van der Waals surface area contributed by atoms with Crippen molar-refractivity contribution >= 4 is 23.4 Å². The van der Waals surface area contributed by atoms with E-state index in [9.17, 15) is 23.2 Å². The van der Waals surface area contributed by atoms with Gasteiger partial charge in [-0.25, -0.2) is 8.78 Å². The predicted octanol–water partition coefficient (Wildman–Crippen LogP) is 2.74. The number of benzene rings is 1. The van der Waals surface area contributed by atoms with Crippen molar-refractivity contribution in [1.29, 1.82) is 0 Å². The van der Waals surface area contributed by atoms with Crippen molar-refractivity contribution in [2.45, 2.75) is 70.1 Å². The summed E-state index contributed by atoms with van der Waals surface area (Å²) >= 11 is 0. The number of para-hydroxylation sites is 1. The molecule has 0 spiro atoms. The number of likely N-dealkylation sites (N-methyl/N-ethyl adjacent to an activating group) is 1. The second-order valence-electron chi connectivity index (χ2n) is 11.1. The predicted molar refractivity (Wildman–Crippen MR) is 149 cm³/mol. The second-order valence-corrected chi connectivity index (χ2v) is 11.1. The number of nitrogens with zero attached hydrogens (tertiary/aromatic N) is 2. The third-order valence-corrected chi connectivity index (χ3v) is 8.47. The zero-order valence-corrected chi connectivity index (χ0v) is 23.7. The third kappa shape index (κ3) is 8.08. The maximum atomic E-state index is 15.0. The average Bonchev–Trinajstić information content (AvgIpc) is 2.95. The largest absolute Gasteiger partial charge is 0.372 e. The van der Waals surface area contributed by atoms with Gasteiger partial charge in [0.1, 0.15) is 11.9 Å². The van der Waals surface area contributed by atoms with E-state index in [1.807, 2.05) is 14.0 Å². The minimum atomic E-state index is -0.938. The molecule has 1 aliphatic heterocycles. The van der Waals surface area contributed by atoms with Gasteiger partial charge in [-0.1, -0.05) is 12.1 Å². The summed E-state index contributed by atoms with van der Waals surface area (Å²) in [7, 11) is 3.38. The van der Waals surface area contributed by atoms with Gasteiger partial charge in [-0.05, 0) is 82.0 Å². The number of nitrogens with one attached hydrogen (secondary N) is 1. The first-order valence-corrected chi connectivity index (χ1v) is 14.0. The molecule has 1 heterocycles. The maximum Gasteiger partial charge on any atom is 0.246 e. The van der Waals surface area contributed by atoms with Crippen molar-refractivity contribution in [1.82, 2.24) is 9.80 Å². The molecule has 2 fully saturated rings. The normalized spacial score (nSPS) is 22.4. The zero-order valence-electron chi connectivity index (χ0n) is 23.7. The van der Waals surface area contributed by atoms with Gasteiger partial charge in [0.05, 0.1) is 18.1 Å². The molecule has 9 nitrogen and oxygen atoms in total. The molecular weight excluding hydrogens is 520 g/mol. The standard InChI is InChI=1S/C29H43F2N5O4/c1-18-17-36(14-13-35(18)2)29(39)22(15-24(40-3)27(33)37)12-11-21-5-4-6-23(31)26(21)34-28(38)25(32)20-9-7-19(16-30)8-10-20/h4-6,16,18,20,22,24-25H,7-15,17,32H2,1-3H3,(H2,33,37)(H,34,38)/t18-,20?,22?,24?,25?/m1/s1. The van der Waals surface area contributed by atoms with Crippen molar-refractivity contribution in [2.24, 2.45) is 23.3 Å². The van der Waals surface area contributed by atoms with E-state index >= 15 is 0 Å². The van der Waals surface area contributed by atoms with Crippen LogP contribution < -0.4 is 16.8 Å². The van der Waals surface area contributed by atoms with Crippen LogP contribution in [0.15, 0.2) is 30.1 Å². The molecule has 1 aliphatic carbocycles. The number of hydrogen-bond donors (Lipinski definition) is 3. The Balaban J connectivity index is 1.74. The van der Waals surface area contributed by atoms with Gasteiger partial charge < -0.3 is 31.3 Å². The minimum absolute atomic E-state index is 0.0284. The van der Waals surface area contributed by atoms with E-state index in [-0.39, 0.29) is 36.4 Å². The lowest BCUT2D eigenvalue weighted by molar-refractivity contribution is -0.141. The number of amides is 3. The van der Waals surface area contributed by atoms with Crippen LogP contribution >= 0.6 is 0 Å². The Morgan fingerprint density at radius 1 is 1.23 bits per heavy atom. The van der Waals surface area contributed by atoms with Crippen LogP contribution in [0.3, 0.4) is 0 Å². The summed E-state index contributed by atoms with van der Waals surface area (Å²) in [4.78, 5) is 42.5. The second kappa shape index (κ2) is 14.7. The summed E-state index contributed by atoms with van der Waals surface area (Å²) in [5.74, 6) is -2.60. The van der Waals surface area contributed by atoms with Gasteiger partial charge in [-0.2, -0.15) is 0 Å². The molecule has 3 rings (SSSR count). The molecule has 3 unspecified atom stereocenters. The van der Waals surface area contributed by atoms with Gasteiger partial charge in [0.15, 0.2) is 0 Å². The third-order valence-electron chi connectivity index (χ3n) is 8.47. The highest BCUT2D eigenvalue weighted by Gasteiger charge is 2.33. The number of carbonyl (C=O) groups excluding carboxylic acids is 3. The molecule has 0 bridgehead atoms. The quantitative estimate of drug-likeness (QED) is 0.380. The Kier molecular flexibility index (Phi) is 11.6. The molecule has 1 aromatic rings. The number of rotatable bonds is 11. The van der Waals surface area contributed by atoms with E-state index in [2.05, 4.69) is 10.2 Å². The Hall–Kier alpha value is -2.89. The first kappa shape index (κ1) is 31.6. The number of hydrogen-bond acceptors (Lipinski definition) is 6. The van der Waals surface area contributed by atoms with E-state index in [1.54, 1.807) is 17.0 Å². The molecule has 1 saturated heterocycles. The Labute approximate surface area is 235 Å². The molecule has 4 atom stereocenters. The molecule has 1 saturated carbocycles. The van der Waals surface area contributed by atoms with E-state index < -0.39 is 35.7 Å². The van der Waals surface area contributed by atoms with Crippen LogP contribution in [0, 0.1) is 17.7 Å². The number of methoxy groups -OCH3 is 1. The van der Waals surface area contributed by atoms with E-state index in [0.717, 1.165) is 6.54 Å². The van der Waals surface area contributed by atoms with E-state index in [4.69, 9.17) is 16.2 Å². The van der Waals surface area contributed by atoms with Gasteiger partial charge in [-0.3, -0.25) is 14.4 Å². The Morgan fingerprint density at radius 3 is 2.52 bits per heavy atom. The first-order valence-electron chi connectivity index (χ1n) is 14.0. The fourth-order valence-corrected chi connectivity index (χ4v) is 5.58. The Morgan fingerprint density at radius 2 is 1.93 bits per heavy atom. The molecule has 1 aromatic carbocycles. The SMILES string of the molecule is COC(CC(CCc1cccc(F)c1NC(=O)C(N)C1CCC(=CF)CC1)C(=O)N1CCN(C)[C@H](C)C1)C(N)=O. The number of carbonyl (C=O) groups is 3. The van der Waals surface area contributed by atoms with Crippen LogP contribution in [0.1, 0.15) is 51.0 Å². The molecule has 5 N–H and O–H groups in total. The van der Waals surface area contributed by atoms with Crippen LogP contribution in [-0.2, 0) is 25.5 Å². The lowest BCUT2D eigenvalue weighted by Gasteiger charge is -2.39. The summed E-state index contributed by atoms with van der Waals surface area (Å²) in [6, 6.07) is 3.83. The lowest BCUT2D eigenvalue weighted by atomic mass is 9.82. The number of piperazine rings is 1. The monoisotopic (exact) mass is 563 g/mol. The molecular formula is C29H43F2N5O4. The Bertz CT molecular complexity index is 1070. The molecule has 2 aliphatic rings. The van der Waals surface area contributed by atoms with Crippen LogP contribution in [0.5, 0.6) is 0 Å². The van der Waals surface area contributed by atoms with Crippen molar-refractivity contribution < 1.29 is 27.9 Å². The van der Waals surface area contributed by atoms with Gasteiger partial charge in [0.2, 0.25) is 17.7 Å². The van der Waals surface area contributed by atoms with Crippen LogP contribution in [0.4, 0.5) is 14.5 Å². The summed E-state index contributed by atoms with van der Waals surface area (Å²) < 4.78 is 33.0. The highest BCUT2D eigenvalue weighted by Crippen LogP contribution is 2.31. The van der Waals surface area contributed by atoms with Gasteiger partial charge in [0, 0.05) is 38.7 Å². The van der Waals surface area contributed by atoms with Gasteiger partial charge >= 0.3 is 0 Å². The molecule has 222 valence electrons. The highest BCUT2D eigenvalue weighted by atomic mass is 19.1. The van der Waals surface area contributed by atoms with Crippen molar-refractivity contribution in [3.05, 3.63) is 41.5 Å². The van der Waals surface area contributed by atoms with Crippen LogP contribution in [0.2, 0.25) is 0 Å². The molecule has 0 radical (unpaired) electrons. The number of allylic oxidation sites excluding steroid dienone is 1. The number of ether oxygens (including phenoxy) is 1. The van der Waals surface area contributed by atoms with E-state index in [1.165, 1.54) is 13.2 Å². The molecule has 11 heteroatoms. The summed E-state index contributed by atoms with van der Waals surface area (Å²) in [6.07, 6.45) is 2.61. The smallest absolute Gasteiger partial charge is 0.246 e. The molecule has 40 heavy (non-hydrogen) atoms. The minimum Gasteiger partial charge on any atom is -0.372 e.